The minimum Gasteiger partial charge on any atom is -0.310 e. The van der Waals surface area contributed by atoms with Crippen LogP contribution in [0.25, 0.3) is 0 Å². The molecular formula is C14H29N3O2. The van der Waals surface area contributed by atoms with Crippen LogP contribution < -0.4 is 10.6 Å². The molecule has 0 aromatic carbocycles. The Morgan fingerprint density at radius 3 is 2.05 bits per heavy atom. The fraction of sp³-hybridized carbons (Fsp3) is 0.929. The molecule has 0 heterocycles. The van der Waals surface area contributed by atoms with Crippen LogP contribution in [0.5, 0.6) is 0 Å². The van der Waals surface area contributed by atoms with Gasteiger partial charge in [-0.3, -0.25) is 0 Å². The SMILES string of the molecule is CCC(N=O)C(C)(C)NCCCCNC(C)(C)C=O. The molecule has 0 bridgehead atoms. The number of aldehydes is 1. The molecule has 0 aliphatic carbocycles. The number of nitrogens with one attached hydrogen (secondary N) is 2. The molecule has 0 amide bonds. The monoisotopic (exact) mass is 271 g/mol. The molecule has 2 N–H and O–H groups in total. The van der Waals surface area contributed by atoms with Crippen LogP contribution in [0.4, 0.5) is 0 Å². The second-order valence-corrected chi connectivity index (χ2v) is 6.15. The fourth-order valence-electron chi connectivity index (χ4n) is 1.95. The highest BCUT2D eigenvalue weighted by molar-refractivity contribution is 5.62. The van der Waals surface area contributed by atoms with E-state index in [0.717, 1.165) is 38.6 Å². The first kappa shape index (κ1) is 18.2. The molecule has 0 aliphatic rings. The van der Waals surface area contributed by atoms with Crippen LogP contribution >= 0.6 is 0 Å². The third-order valence-corrected chi connectivity index (χ3v) is 3.41. The van der Waals surface area contributed by atoms with E-state index in [1.807, 2.05) is 34.6 Å². The average Bonchev–Trinajstić information content (AvgIpc) is 2.34. The average molecular weight is 271 g/mol. The van der Waals surface area contributed by atoms with Crippen molar-refractivity contribution in [3.63, 3.8) is 0 Å². The molecule has 1 atom stereocenters. The third-order valence-electron chi connectivity index (χ3n) is 3.41. The molecule has 0 saturated heterocycles. The van der Waals surface area contributed by atoms with Gasteiger partial charge in [-0.1, -0.05) is 12.1 Å². The van der Waals surface area contributed by atoms with Gasteiger partial charge in [-0.25, -0.2) is 0 Å². The van der Waals surface area contributed by atoms with E-state index in [9.17, 15) is 9.70 Å². The molecule has 0 aromatic heterocycles. The van der Waals surface area contributed by atoms with E-state index in [-0.39, 0.29) is 11.6 Å². The molecule has 5 nitrogen and oxygen atoms in total. The molecule has 112 valence electrons. The van der Waals surface area contributed by atoms with Crippen molar-refractivity contribution in [1.82, 2.24) is 10.6 Å². The molecule has 0 radical (unpaired) electrons. The molecule has 0 saturated carbocycles. The first-order valence-electron chi connectivity index (χ1n) is 7.08. The molecular weight excluding hydrogens is 242 g/mol. The predicted molar refractivity (Wildman–Crippen MR) is 79.3 cm³/mol. The number of rotatable bonds is 11. The Kier molecular flexibility index (Phi) is 8.02. The van der Waals surface area contributed by atoms with E-state index < -0.39 is 5.54 Å². The van der Waals surface area contributed by atoms with Crippen LogP contribution in [0.2, 0.25) is 0 Å². The van der Waals surface area contributed by atoms with Gasteiger partial charge in [0.05, 0.1) is 5.54 Å². The summed E-state index contributed by atoms with van der Waals surface area (Å²) in [6.07, 6.45) is 3.67. The maximum Gasteiger partial charge on any atom is 0.139 e. The van der Waals surface area contributed by atoms with Gasteiger partial charge in [-0.05, 0) is 60.0 Å². The number of unbranched alkanes of at least 4 members (excludes halogenated alkanes) is 1. The van der Waals surface area contributed by atoms with E-state index in [4.69, 9.17) is 0 Å². The summed E-state index contributed by atoms with van der Waals surface area (Å²) in [6.45, 7) is 11.4. The lowest BCUT2D eigenvalue weighted by atomic mass is 9.93. The van der Waals surface area contributed by atoms with Crippen molar-refractivity contribution in [2.45, 2.75) is 71.0 Å². The van der Waals surface area contributed by atoms with Crippen LogP contribution in [-0.4, -0.2) is 36.5 Å². The Morgan fingerprint density at radius 2 is 1.63 bits per heavy atom. The smallest absolute Gasteiger partial charge is 0.139 e. The number of carbonyl (C=O) groups is 1. The van der Waals surface area contributed by atoms with Crippen LogP contribution in [0.1, 0.15) is 53.9 Å². The maximum atomic E-state index is 10.7. The van der Waals surface area contributed by atoms with Crippen molar-refractivity contribution in [1.29, 1.82) is 0 Å². The van der Waals surface area contributed by atoms with Crippen molar-refractivity contribution < 1.29 is 4.79 Å². The number of nitrogens with zero attached hydrogens (tertiary/aromatic N) is 1. The van der Waals surface area contributed by atoms with Gasteiger partial charge in [-0.15, -0.1) is 0 Å². The lowest BCUT2D eigenvalue weighted by Gasteiger charge is -2.30. The Bertz CT molecular complexity index is 278. The minimum absolute atomic E-state index is 0.195. The Labute approximate surface area is 116 Å². The van der Waals surface area contributed by atoms with Crippen LogP contribution in [0.3, 0.4) is 0 Å². The zero-order valence-electron chi connectivity index (χ0n) is 13.0. The minimum atomic E-state index is -0.443. The molecule has 5 heteroatoms. The van der Waals surface area contributed by atoms with Crippen molar-refractivity contribution in [2.75, 3.05) is 13.1 Å². The highest BCUT2D eigenvalue weighted by Crippen LogP contribution is 2.15. The highest BCUT2D eigenvalue weighted by Gasteiger charge is 2.28. The Hall–Kier alpha value is -0.810. The number of nitroso groups, excluding NO2 is 1. The van der Waals surface area contributed by atoms with E-state index >= 15 is 0 Å². The van der Waals surface area contributed by atoms with Gasteiger partial charge < -0.3 is 15.4 Å². The van der Waals surface area contributed by atoms with Crippen molar-refractivity contribution in [2.24, 2.45) is 5.18 Å². The molecule has 0 aliphatic heterocycles. The normalized spacial score (nSPS) is 14.2. The van der Waals surface area contributed by atoms with Gasteiger partial charge in [-0.2, -0.15) is 4.91 Å². The molecule has 0 rings (SSSR count). The fourth-order valence-corrected chi connectivity index (χ4v) is 1.95. The van der Waals surface area contributed by atoms with Gasteiger partial charge in [0.1, 0.15) is 12.3 Å². The van der Waals surface area contributed by atoms with E-state index in [1.54, 1.807) is 0 Å². The maximum absolute atomic E-state index is 10.7. The summed E-state index contributed by atoms with van der Waals surface area (Å²) in [5, 5.41) is 9.74. The van der Waals surface area contributed by atoms with E-state index in [0.29, 0.717) is 0 Å². The first-order valence-corrected chi connectivity index (χ1v) is 7.08. The Morgan fingerprint density at radius 1 is 1.11 bits per heavy atom. The molecule has 0 spiro atoms. The van der Waals surface area contributed by atoms with Crippen molar-refractivity contribution in [3.05, 3.63) is 4.91 Å². The summed E-state index contributed by atoms with van der Waals surface area (Å²) >= 11 is 0. The lowest BCUT2D eigenvalue weighted by molar-refractivity contribution is -0.112. The third kappa shape index (κ3) is 7.38. The summed E-state index contributed by atoms with van der Waals surface area (Å²) in [7, 11) is 0. The van der Waals surface area contributed by atoms with Gasteiger partial charge >= 0.3 is 0 Å². The quantitative estimate of drug-likeness (QED) is 0.343. The van der Waals surface area contributed by atoms with Crippen LogP contribution in [0.15, 0.2) is 5.18 Å². The zero-order chi connectivity index (χ0) is 14.9. The molecule has 0 aromatic rings. The predicted octanol–water partition coefficient (Wildman–Crippen LogP) is 2.25. The lowest BCUT2D eigenvalue weighted by Crippen LogP contribution is -2.48. The van der Waals surface area contributed by atoms with Gasteiger partial charge in [0.2, 0.25) is 0 Å². The second kappa shape index (κ2) is 8.38. The topological polar surface area (TPSA) is 70.6 Å². The van der Waals surface area contributed by atoms with Crippen LogP contribution in [-0.2, 0) is 4.79 Å². The number of hydrogen-bond acceptors (Lipinski definition) is 5. The summed E-state index contributed by atoms with van der Waals surface area (Å²) in [5.74, 6) is 0. The number of hydrogen-bond donors (Lipinski definition) is 2. The molecule has 1 unspecified atom stereocenters. The van der Waals surface area contributed by atoms with Crippen molar-refractivity contribution in [3.8, 4) is 0 Å². The zero-order valence-corrected chi connectivity index (χ0v) is 13.0. The van der Waals surface area contributed by atoms with Gasteiger partial charge in [0.25, 0.3) is 0 Å². The summed E-state index contributed by atoms with van der Waals surface area (Å²) in [4.78, 5) is 21.4. The second-order valence-electron chi connectivity index (χ2n) is 6.15. The van der Waals surface area contributed by atoms with Gasteiger partial charge in [0, 0.05) is 5.54 Å². The molecule has 19 heavy (non-hydrogen) atoms. The van der Waals surface area contributed by atoms with Gasteiger partial charge in [0.15, 0.2) is 0 Å². The van der Waals surface area contributed by atoms with Crippen molar-refractivity contribution >= 4 is 6.29 Å². The summed E-state index contributed by atoms with van der Waals surface area (Å²) in [5.41, 5.74) is -0.701. The first-order chi connectivity index (χ1) is 8.79. The van der Waals surface area contributed by atoms with Crippen LogP contribution in [0, 0.1) is 4.91 Å². The largest absolute Gasteiger partial charge is 0.310 e. The molecule has 0 fully saturated rings. The summed E-state index contributed by atoms with van der Waals surface area (Å²) < 4.78 is 0. The summed E-state index contributed by atoms with van der Waals surface area (Å²) in [6, 6.07) is -0.195. The Balaban J connectivity index is 3.80. The standard InChI is InChI=1S/C14H29N3O2/c1-6-12(17-19)14(4,5)16-10-8-7-9-15-13(2,3)11-18/h11-12,15-16H,6-10H2,1-5H3. The van der Waals surface area contributed by atoms with E-state index in [1.165, 1.54) is 0 Å². The number of carbonyl (C=O) groups excluding carboxylic acids is 1. The highest BCUT2D eigenvalue weighted by atomic mass is 16.3. The van der Waals surface area contributed by atoms with E-state index in [2.05, 4.69) is 15.8 Å².